The number of anilines is 2. The van der Waals surface area contributed by atoms with Crippen molar-refractivity contribution in [2.45, 2.75) is 46.2 Å². The minimum Gasteiger partial charge on any atom is -0.346 e. The van der Waals surface area contributed by atoms with Gasteiger partial charge in [-0.3, -0.25) is 9.48 Å². The average Bonchev–Trinajstić information content (AvgIpc) is 3.14. The van der Waals surface area contributed by atoms with Crippen molar-refractivity contribution in [3.05, 3.63) is 65.1 Å². The molecule has 0 spiro atoms. The first-order valence-electron chi connectivity index (χ1n) is 10.5. The van der Waals surface area contributed by atoms with Crippen LogP contribution < -0.4 is 10.2 Å². The highest BCUT2D eigenvalue weighted by molar-refractivity contribution is 6.03. The first kappa shape index (κ1) is 21.0. The molecule has 2 aromatic heterocycles. The fourth-order valence-electron chi connectivity index (χ4n) is 4.08. The number of likely N-dealkylation sites (N-methyl/N-ethyl adjacent to an activating group) is 1. The van der Waals surface area contributed by atoms with Gasteiger partial charge in [0.2, 0.25) is 5.91 Å². The van der Waals surface area contributed by atoms with Crippen LogP contribution in [0.1, 0.15) is 36.5 Å². The van der Waals surface area contributed by atoms with Gasteiger partial charge in [-0.1, -0.05) is 26.0 Å². The Bertz CT molecular complexity index is 1110. The number of carbonyl (C=O) groups is 1. The SMILES string of the molecule is Cc1nc(CCc2cnn(Cc3cccc(F)c3)c2)nc2c1NC(=O)[C@H](C(C)C)N2C. The van der Waals surface area contributed by atoms with Crippen LogP contribution in [0.2, 0.25) is 0 Å². The van der Waals surface area contributed by atoms with Crippen LogP contribution in [0, 0.1) is 18.7 Å². The Kier molecular flexibility index (Phi) is 5.71. The van der Waals surface area contributed by atoms with E-state index in [2.05, 4.69) is 15.4 Å². The van der Waals surface area contributed by atoms with Crippen molar-refractivity contribution >= 4 is 17.4 Å². The third kappa shape index (κ3) is 4.42. The average molecular weight is 423 g/mol. The number of amides is 1. The number of halogens is 1. The highest BCUT2D eigenvalue weighted by Crippen LogP contribution is 2.33. The Morgan fingerprint density at radius 2 is 2.00 bits per heavy atom. The molecule has 1 amide bonds. The van der Waals surface area contributed by atoms with Gasteiger partial charge in [0.15, 0.2) is 5.82 Å². The van der Waals surface area contributed by atoms with Gasteiger partial charge < -0.3 is 10.2 Å². The van der Waals surface area contributed by atoms with Crippen LogP contribution >= 0.6 is 0 Å². The van der Waals surface area contributed by atoms with Gasteiger partial charge in [0.25, 0.3) is 0 Å². The molecule has 7 nitrogen and oxygen atoms in total. The number of benzene rings is 1. The molecule has 1 atom stereocenters. The van der Waals surface area contributed by atoms with E-state index in [4.69, 9.17) is 4.98 Å². The first-order chi connectivity index (χ1) is 14.8. The van der Waals surface area contributed by atoms with Crippen LogP contribution in [-0.2, 0) is 24.2 Å². The van der Waals surface area contributed by atoms with E-state index < -0.39 is 0 Å². The van der Waals surface area contributed by atoms with Gasteiger partial charge >= 0.3 is 0 Å². The molecule has 0 unspecified atom stereocenters. The zero-order chi connectivity index (χ0) is 22.1. The maximum atomic E-state index is 13.4. The summed E-state index contributed by atoms with van der Waals surface area (Å²) in [7, 11) is 1.91. The van der Waals surface area contributed by atoms with E-state index in [0.29, 0.717) is 18.7 Å². The molecule has 0 aliphatic carbocycles. The molecular formula is C23H27FN6O. The Balaban J connectivity index is 1.47. The minimum atomic E-state index is -0.254. The predicted octanol–water partition coefficient (Wildman–Crippen LogP) is 3.37. The summed E-state index contributed by atoms with van der Waals surface area (Å²) in [5.74, 6) is 1.41. The van der Waals surface area contributed by atoms with Crippen LogP contribution in [0.25, 0.3) is 0 Å². The van der Waals surface area contributed by atoms with Crippen molar-refractivity contribution in [3.63, 3.8) is 0 Å². The van der Waals surface area contributed by atoms with Gasteiger partial charge in [-0.05, 0) is 42.5 Å². The largest absolute Gasteiger partial charge is 0.346 e. The van der Waals surface area contributed by atoms with E-state index >= 15 is 0 Å². The molecule has 1 aliphatic heterocycles. The van der Waals surface area contributed by atoms with Crippen LogP contribution in [0.15, 0.2) is 36.7 Å². The van der Waals surface area contributed by atoms with Crippen molar-refractivity contribution in [1.82, 2.24) is 19.7 Å². The highest BCUT2D eigenvalue weighted by atomic mass is 19.1. The smallest absolute Gasteiger partial charge is 0.247 e. The molecule has 4 rings (SSSR count). The number of aromatic nitrogens is 4. The third-order valence-corrected chi connectivity index (χ3v) is 5.57. The van der Waals surface area contributed by atoms with Gasteiger partial charge in [-0.2, -0.15) is 5.10 Å². The second kappa shape index (κ2) is 8.45. The summed E-state index contributed by atoms with van der Waals surface area (Å²) >= 11 is 0. The summed E-state index contributed by atoms with van der Waals surface area (Å²) in [6.45, 7) is 6.47. The molecule has 0 radical (unpaired) electrons. The van der Waals surface area contributed by atoms with Gasteiger partial charge in [0, 0.05) is 19.7 Å². The number of nitrogens with one attached hydrogen (secondary N) is 1. The maximum Gasteiger partial charge on any atom is 0.247 e. The lowest BCUT2D eigenvalue weighted by atomic mass is 9.99. The zero-order valence-corrected chi connectivity index (χ0v) is 18.3. The number of fused-ring (bicyclic) bond motifs is 1. The number of nitrogens with zero attached hydrogens (tertiary/aromatic N) is 5. The Labute approximate surface area is 181 Å². The number of rotatable bonds is 6. The van der Waals surface area contributed by atoms with E-state index in [-0.39, 0.29) is 23.7 Å². The monoisotopic (exact) mass is 422 g/mol. The van der Waals surface area contributed by atoms with Crippen molar-refractivity contribution in [1.29, 1.82) is 0 Å². The van der Waals surface area contributed by atoms with Gasteiger partial charge in [0.05, 0.1) is 18.4 Å². The van der Waals surface area contributed by atoms with Crippen molar-refractivity contribution in [2.75, 3.05) is 17.3 Å². The van der Waals surface area contributed by atoms with Crippen molar-refractivity contribution in [3.8, 4) is 0 Å². The summed E-state index contributed by atoms with van der Waals surface area (Å²) in [6, 6.07) is 6.29. The first-order valence-corrected chi connectivity index (χ1v) is 10.5. The summed E-state index contributed by atoms with van der Waals surface area (Å²) in [5, 5.41) is 7.36. The highest BCUT2D eigenvalue weighted by Gasteiger charge is 2.35. The normalized spacial score (nSPS) is 15.9. The number of carbonyl (C=O) groups excluding carboxylic acids is 1. The van der Waals surface area contributed by atoms with E-state index in [0.717, 1.165) is 34.9 Å². The van der Waals surface area contributed by atoms with Crippen LogP contribution in [0.4, 0.5) is 15.9 Å². The molecule has 0 bridgehead atoms. The molecule has 1 aliphatic rings. The Morgan fingerprint density at radius 3 is 2.74 bits per heavy atom. The van der Waals surface area contributed by atoms with E-state index in [9.17, 15) is 9.18 Å². The molecule has 3 heterocycles. The van der Waals surface area contributed by atoms with Gasteiger partial charge in [0.1, 0.15) is 23.4 Å². The summed E-state index contributed by atoms with van der Waals surface area (Å²) in [4.78, 5) is 23.8. The lowest BCUT2D eigenvalue weighted by Crippen LogP contribution is -2.49. The zero-order valence-electron chi connectivity index (χ0n) is 18.3. The Hall–Kier alpha value is -3.29. The second-order valence-corrected chi connectivity index (χ2v) is 8.39. The third-order valence-electron chi connectivity index (χ3n) is 5.57. The van der Waals surface area contributed by atoms with E-state index in [1.807, 2.05) is 51.2 Å². The van der Waals surface area contributed by atoms with Crippen LogP contribution in [0.3, 0.4) is 0 Å². The molecular weight excluding hydrogens is 395 g/mol. The molecule has 1 N–H and O–H groups in total. The number of hydrogen-bond donors (Lipinski definition) is 1. The Morgan fingerprint density at radius 1 is 1.19 bits per heavy atom. The topological polar surface area (TPSA) is 75.9 Å². The fraction of sp³-hybridized carbons (Fsp3) is 0.391. The van der Waals surface area contributed by atoms with Crippen LogP contribution in [0.5, 0.6) is 0 Å². The minimum absolute atomic E-state index is 0.0184. The summed E-state index contributed by atoms with van der Waals surface area (Å²) < 4.78 is 15.2. The van der Waals surface area contributed by atoms with Gasteiger partial charge in [-0.15, -0.1) is 0 Å². The van der Waals surface area contributed by atoms with E-state index in [1.54, 1.807) is 10.7 Å². The molecule has 31 heavy (non-hydrogen) atoms. The van der Waals surface area contributed by atoms with Gasteiger partial charge in [-0.25, -0.2) is 14.4 Å². The van der Waals surface area contributed by atoms with Crippen LogP contribution in [-0.4, -0.2) is 38.7 Å². The quantitative estimate of drug-likeness (QED) is 0.659. The molecule has 0 fully saturated rings. The lowest BCUT2D eigenvalue weighted by molar-refractivity contribution is -0.118. The standard InChI is InChI=1S/C23H27FN6O/c1-14(2)21-23(31)28-20-15(3)26-19(27-22(20)29(21)4)9-8-17-11-25-30(13-17)12-16-6-5-7-18(24)10-16/h5-7,10-11,13-14,21H,8-9,12H2,1-4H3,(H,28,31)/t21-/m0/s1. The molecule has 0 saturated carbocycles. The summed E-state index contributed by atoms with van der Waals surface area (Å²) in [6.07, 6.45) is 5.20. The molecule has 0 saturated heterocycles. The van der Waals surface area contributed by atoms with E-state index in [1.165, 1.54) is 12.1 Å². The molecule has 162 valence electrons. The maximum absolute atomic E-state index is 13.4. The second-order valence-electron chi connectivity index (χ2n) is 8.39. The number of hydrogen-bond acceptors (Lipinski definition) is 5. The lowest BCUT2D eigenvalue weighted by Gasteiger charge is -2.36. The summed E-state index contributed by atoms with van der Waals surface area (Å²) in [5.41, 5.74) is 3.39. The molecule has 8 heteroatoms. The molecule has 1 aromatic carbocycles. The number of aryl methyl sites for hydroxylation is 3. The van der Waals surface area contributed by atoms with Crippen molar-refractivity contribution in [2.24, 2.45) is 5.92 Å². The molecule has 3 aromatic rings. The predicted molar refractivity (Wildman–Crippen MR) is 118 cm³/mol. The fourth-order valence-corrected chi connectivity index (χ4v) is 4.08. The van der Waals surface area contributed by atoms with Crippen molar-refractivity contribution < 1.29 is 9.18 Å².